The minimum Gasteiger partial charge on any atom is -0.306 e. The molecule has 0 atom stereocenters. The molecule has 0 spiro atoms. The summed E-state index contributed by atoms with van der Waals surface area (Å²) in [7, 11) is -11.4. The monoisotopic (exact) mass is 670 g/mol. The fourth-order valence-electron chi connectivity index (χ4n) is 15.9. The Labute approximate surface area is 245 Å². The van der Waals surface area contributed by atoms with Crippen molar-refractivity contribution in [1.82, 2.24) is 0 Å². The molecule has 0 amide bonds. The van der Waals surface area contributed by atoms with Crippen molar-refractivity contribution in [1.29, 1.82) is 0 Å². The number of carbonyl (C=O) groups is 1. The molecule has 0 radical (unpaired) electrons. The highest BCUT2D eigenvalue weighted by Gasteiger charge is 2.89. The summed E-state index contributed by atoms with van der Waals surface area (Å²) in [5, 5.41) is 1.12. The van der Waals surface area contributed by atoms with E-state index in [-0.39, 0.29) is 5.41 Å². The van der Waals surface area contributed by atoms with Crippen molar-refractivity contribution in [2.24, 2.45) is 23.2 Å². The van der Waals surface area contributed by atoms with Gasteiger partial charge in [0.05, 0.1) is 0 Å². The summed E-state index contributed by atoms with van der Waals surface area (Å²) in [6.45, 7) is 47.4. The predicted molar refractivity (Wildman–Crippen MR) is 197 cm³/mol. The van der Waals surface area contributed by atoms with Crippen molar-refractivity contribution in [3.63, 3.8) is 0 Å². The van der Waals surface area contributed by atoms with E-state index in [2.05, 4.69) is 111 Å². The zero-order valence-electron chi connectivity index (χ0n) is 28.9. The normalized spacial score (nSPS) is 38.2. The van der Waals surface area contributed by atoms with Gasteiger partial charge in [0.1, 0.15) is 12.0 Å². The molecule has 1 saturated heterocycles. The Kier molecular flexibility index (Phi) is 7.38. The maximum absolute atomic E-state index is 16.4. The van der Waals surface area contributed by atoms with E-state index in [1.807, 2.05) is 0 Å². The average Bonchev–Trinajstić information content (AvgIpc) is 2.61. The lowest BCUT2D eigenvalue weighted by Gasteiger charge is -2.82. The van der Waals surface area contributed by atoms with Crippen LogP contribution >= 0.6 is 0 Å². The Balaban J connectivity index is 2.13. The number of hydrogen-bond acceptors (Lipinski definition) is 1. The van der Waals surface area contributed by atoms with Gasteiger partial charge in [0.2, 0.25) is 0 Å². The van der Waals surface area contributed by atoms with Gasteiger partial charge in [-0.25, -0.2) is 0 Å². The number of hydrogen-bond donors (Lipinski definition) is 0. The zero-order chi connectivity index (χ0) is 29.6. The van der Waals surface area contributed by atoms with Crippen LogP contribution in [0.3, 0.4) is 0 Å². The lowest BCUT2D eigenvalue weighted by molar-refractivity contribution is -0.135. The third kappa shape index (κ3) is 3.41. The number of rotatable bonds is 5. The van der Waals surface area contributed by atoms with Crippen molar-refractivity contribution >= 4 is 69.4 Å². The van der Waals surface area contributed by atoms with Crippen LogP contribution in [-0.2, 0) is 4.79 Å². The molecule has 5 aliphatic rings. The molecular formula is C28H66OSi9. The SMILES string of the molecule is C[Si](C)(C)[Si]1(C(=O)C23CC4CC(CC(C4)C2)C3)[Si](C)(C)[Si](C)(C)[Si]([Si](C)(C)C)([Si](C)(C)C)[Si](C)(C)[Si]1(C)C. The van der Waals surface area contributed by atoms with E-state index in [4.69, 9.17) is 0 Å². The second kappa shape index (κ2) is 8.62. The van der Waals surface area contributed by atoms with Crippen molar-refractivity contribution in [3.05, 3.63) is 0 Å². The Hall–Kier alpha value is 1.62. The summed E-state index contributed by atoms with van der Waals surface area (Å²) >= 11 is 0. The van der Waals surface area contributed by atoms with Crippen molar-refractivity contribution in [3.8, 4) is 0 Å². The van der Waals surface area contributed by atoms with E-state index < -0.39 is 64.0 Å². The van der Waals surface area contributed by atoms with Crippen molar-refractivity contribution < 1.29 is 4.79 Å². The molecule has 1 nitrogen and oxygen atoms in total. The molecular weight excluding hydrogens is 605 g/mol. The Morgan fingerprint density at radius 3 is 1.05 bits per heavy atom. The van der Waals surface area contributed by atoms with E-state index in [1.54, 1.807) is 0 Å². The van der Waals surface area contributed by atoms with Crippen LogP contribution in [0, 0.1) is 23.2 Å². The first kappa shape index (κ1) is 32.5. The molecule has 1 heterocycles. The summed E-state index contributed by atoms with van der Waals surface area (Å²) in [5.41, 5.74) is 0.130. The molecule has 10 heteroatoms. The average molecular weight is 672 g/mol. The smallest absolute Gasteiger partial charge is 0.109 e. The molecule has 4 aliphatic carbocycles. The lowest BCUT2D eigenvalue weighted by Crippen LogP contribution is -3.14. The maximum Gasteiger partial charge on any atom is 0.109 e. The van der Waals surface area contributed by atoms with Gasteiger partial charge in [-0.05, 0) is 56.3 Å². The molecule has 4 saturated carbocycles. The molecule has 38 heavy (non-hydrogen) atoms. The quantitative estimate of drug-likeness (QED) is 0.267. The van der Waals surface area contributed by atoms with Crippen LogP contribution in [0.15, 0.2) is 0 Å². The van der Waals surface area contributed by atoms with E-state index in [1.165, 1.54) is 38.5 Å². The highest BCUT2D eigenvalue weighted by atomic mass is 30.4. The molecule has 0 aromatic rings. The first-order valence-corrected chi connectivity index (χ1v) is 51.7. The molecule has 4 bridgehead atoms. The molecule has 0 unspecified atom stereocenters. The molecule has 0 aromatic carbocycles. The molecule has 220 valence electrons. The molecule has 1 aliphatic heterocycles. The zero-order valence-corrected chi connectivity index (χ0v) is 37.9. The summed E-state index contributed by atoms with van der Waals surface area (Å²) in [6, 6.07) is 0. The van der Waals surface area contributed by atoms with Crippen LogP contribution in [0.4, 0.5) is 0 Å². The maximum atomic E-state index is 16.4. The Morgan fingerprint density at radius 2 is 0.816 bits per heavy atom. The summed E-state index contributed by atoms with van der Waals surface area (Å²) in [4.78, 5) is 16.4. The van der Waals surface area contributed by atoms with Gasteiger partial charge in [0.15, 0.2) is 0 Å². The van der Waals surface area contributed by atoms with Gasteiger partial charge in [-0.2, -0.15) is 0 Å². The molecule has 0 aromatic heterocycles. The third-order valence-electron chi connectivity index (χ3n) is 15.1. The minimum absolute atomic E-state index is 0.130. The molecule has 5 fully saturated rings. The molecule has 5 rings (SSSR count). The standard InChI is InChI=1S/C28H66OSi9/c1-30(2,3)37(27(29)28-21-24-18-25(22-28)20-26(19-24)23-28)33(10,11)35(14,15)38(31(4,5)6,32(7,8)9)36(16,17)34(37,12)13/h24-26H,18-23H2,1-17H3. The second-order valence-electron chi connectivity index (χ2n) is 20.3. The highest BCUT2D eigenvalue weighted by molar-refractivity contribution is 8.33. The van der Waals surface area contributed by atoms with Crippen LogP contribution in [0.5, 0.6) is 0 Å². The Morgan fingerprint density at radius 1 is 0.526 bits per heavy atom. The topological polar surface area (TPSA) is 17.1 Å². The lowest BCUT2D eigenvalue weighted by atomic mass is 9.50. The van der Waals surface area contributed by atoms with Crippen molar-refractivity contribution in [2.45, 2.75) is 150 Å². The second-order valence-corrected chi connectivity index (χ2v) is 129. The first-order chi connectivity index (χ1) is 16.6. The van der Waals surface area contributed by atoms with E-state index >= 15 is 4.79 Å². The van der Waals surface area contributed by atoms with E-state index in [0.717, 1.165) is 23.2 Å². The fourth-order valence-corrected chi connectivity index (χ4v) is 533. The fraction of sp³-hybridized carbons (Fsp3) is 0.964. The van der Waals surface area contributed by atoms with E-state index in [0.29, 0.717) is 0 Å². The Bertz CT molecular complexity index is 928. The van der Waals surface area contributed by atoms with Gasteiger partial charge in [0.25, 0.3) is 0 Å². The van der Waals surface area contributed by atoms with Gasteiger partial charge in [-0.15, -0.1) is 0 Å². The van der Waals surface area contributed by atoms with Crippen LogP contribution in [0.2, 0.25) is 111 Å². The molecule has 0 N–H and O–H groups in total. The van der Waals surface area contributed by atoms with Crippen molar-refractivity contribution in [2.75, 3.05) is 0 Å². The summed E-state index contributed by atoms with van der Waals surface area (Å²) < 4.78 is 0. The van der Waals surface area contributed by atoms with Gasteiger partial charge in [0, 0.05) is 62.8 Å². The van der Waals surface area contributed by atoms with E-state index in [9.17, 15) is 0 Å². The largest absolute Gasteiger partial charge is 0.306 e. The van der Waals surface area contributed by atoms with Gasteiger partial charge < -0.3 is 4.79 Å². The first-order valence-electron chi connectivity index (χ1n) is 16.2. The number of carbonyl (C=O) groups excluding carboxylic acids is 1. The predicted octanol–water partition coefficient (Wildman–Crippen LogP) is 8.78. The minimum atomic E-state index is -2.17. The summed E-state index contributed by atoms with van der Waals surface area (Å²) in [5.74, 6) is 2.68. The summed E-state index contributed by atoms with van der Waals surface area (Å²) in [6.07, 6.45) is 6.84. The van der Waals surface area contributed by atoms with Crippen LogP contribution in [-0.4, -0.2) is 69.4 Å². The van der Waals surface area contributed by atoms with Gasteiger partial charge in [-0.1, -0.05) is 111 Å². The van der Waals surface area contributed by atoms with Gasteiger partial charge >= 0.3 is 0 Å². The van der Waals surface area contributed by atoms with Crippen LogP contribution in [0.1, 0.15) is 38.5 Å². The van der Waals surface area contributed by atoms with Crippen LogP contribution < -0.4 is 0 Å². The highest BCUT2D eigenvalue weighted by Crippen LogP contribution is 2.65. The third-order valence-corrected chi connectivity index (χ3v) is 274. The van der Waals surface area contributed by atoms with Crippen LogP contribution in [0.25, 0.3) is 0 Å². The van der Waals surface area contributed by atoms with Gasteiger partial charge in [-0.3, -0.25) is 0 Å².